The van der Waals surface area contributed by atoms with Crippen molar-refractivity contribution >= 4 is 33.5 Å². The molecule has 0 aliphatic heterocycles. The number of Topliss-reactive ketones (excluding diaryl/α,β-unsaturated/α-hetero) is 1. The number of benzene rings is 1. The second-order valence-corrected chi connectivity index (χ2v) is 6.33. The van der Waals surface area contributed by atoms with Gasteiger partial charge in [-0.25, -0.2) is 4.79 Å². The number of carbonyl (C=O) groups is 2. The molecule has 0 aliphatic carbocycles. The Hall–Kier alpha value is -2.67. The predicted molar refractivity (Wildman–Crippen MR) is 82.9 cm³/mol. The van der Waals surface area contributed by atoms with Crippen molar-refractivity contribution < 1.29 is 27.7 Å². The number of carboxylic acid groups (broad SMARTS) is 1. The van der Waals surface area contributed by atoms with E-state index in [2.05, 4.69) is 0 Å². The molecule has 3 aromatic rings. The highest BCUT2D eigenvalue weighted by Crippen LogP contribution is 2.19. The van der Waals surface area contributed by atoms with E-state index >= 15 is 0 Å². The lowest BCUT2D eigenvalue weighted by molar-refractivity contribution is 0.0660. The van der Waals surface area contributed by atoms with Crippen LogP contribution in [0, 0.1) is 0 Å². The Balaban J connectivity index is 1.66. The van der Waals surface area contributed by atoms with Crippen molar-refractivity contribution in [2.24, 2.45) is 0 Å². The van der Waals surface area contributed by atoms with Crippen molar-refractivity contribution in [3.05, 3.63) is 59.7 Å². The molecule has 0 saturated heterocycles. The van der Waals surface area contributed by atoms with Gasteiger partial charge in [0, 0.05) is 16.2 Å². The highest BCUT2D eigenvalue weighted by molar-refractivity contribution is 7.85. The van der Waals surface area contributed by atoms with Gasteiger partial charge in [0.2, 0.25) is 11.5 Å². The van der Waals surface area contributed by atoms with Crippen LogP contribution in [0.4, 0.5) is 0 Å². The van der Waals surface area contributed by atoms with Gasteiger partial charge in [-0.3, -0.25) is 9.00 Å². The zero-order chi connectivity index (χ0) is 16.4. The van der Waals surface area contributed by atoms with Gasteiger partial charge in [0.05, 0.1) is 11.5 Å². The number of rotatable bonds is 6. The maximum atomic E-state index is 12.1. The van der Waals surface area contributed by atoms with Crippen molar-refractivity contribution in [1.82, 2.24) is 0 Å². The Morgan fingerprint density at radius 1 is 1.04 bits per heavy atom. The van der Waals surface area contributed by atoms with Crippen molar-refractivity contribution in [2.45, 2.75) is 5.75 Å². The molecule has 0 aliphatic rings. The highest BCUT2D eigenvalue weighted by atomic mass is 32.2. The van der Waals surface area contributed by atoms with Crippen LogP contribution in [0.5, 0.6) is 0 Å². The van der Waals surface area contributed by atoms with Gasteiger partial charge in [0.15, 0.2) is 5.76 Å². The molecule has 0 radical (unpaired) electrons. The molecule has 0 spiro atoms. The Labute approximate surface area is 133 Å². The van der Waals surface area contributed by atoms with Crippen LogP contribution in [-0.4, -0.2) is 26.8 Å². The third-order valence-electron chi connectivity index (χ3n) is 3.17. The zero-order valence-corrected chi connectivity index (χ0v) is 12.7. The quantitative estimate of drug-likeness (QED) is 0.697. The van der Waals surface area contributed by atoms with Crippen LogP contribution in [0.25, 0.3) is 11.0 Å². The summed E-state index contributed by atoms with van der Waals surface area (Å²) in [6.45, 7) is 0. The molecule has 1 aromatic carbocycles. The number of fused-ring (bicyclic) bond motifs is 1. The molecule has 6 nitrogen and oxygen atoms in total. The van der Waals surface area contributed by atoms with Crippen LogP contribution in [-0.2, 0) is 16.6 Å². The largest absolute Gasteiger partial charge is 0.475 e. The highest BCUT2D eigenvalue weighted by Gasteiger charge is 2.17. The van der Waals surface area contributed by atoms with Gasteiger partial charge in [-0.1, -0.05) is 18.2 Å². The van der Waals surface area contributed by atoms with Gasteiger partial charge in [0.25, 0.3) is 0 Å². The normalized spacial score (nSPS) is 12.3. The van der Waals surface area contributed by atoms with E-state index in [0.717, 1.165) is 5.39 Å². The summed E-state index contributed by atoms with van der Waals surface area (Å²) in [7, 11) is -1.52. The molecule has 0 amide bonds. The van der Waals surface area contributed by atoms with E-state index in [-0.39, 0.29) is 34.6 Å². The number of hydrogen-bond donors (Lipinski definition) is 1. The molecule has 23 heavy (non-hydrogen) atoms. The van der Waals surface area contributed by atoms with Crippen LogP contribution in [0.3, 0.4) is 0 Å². The lowest BCUT2D eigenvalue weighted by Crippen LogP contribution is -2.11. The Bertz CT molecular complexity index is 871. The smallest absolute Gasteiger partial charge is 0.371 e. The van der Waals surface area contributed by atoms with Crippen LogP contribution in [0.2, 0.25) is 0 Å². The molecule has 0 saturated carbocycles. The Morgan fingerprint density at radius 2 is 1.83 bits per heavy atom. The third kappa shape index (κ3) is 3.40. The molecule has 1 unspecified atom stereocenters. The first-order valence-corrected chi connectivity index (χ1v) is 8.20. The summed E-state index contributed by atoms with van der Waals surface area (Å²) in [6, 6.07) is 11.5. The molecule has 0 bridgehead atoms. The minimum Gasteiger partial charge on any atom is -0.475 e. The van der Waals surface area contributed by atoms with Gasteiger partial charge in [0.1, 0.15) is 11.3 Å². The number of ketones is 1. The van der Waals surface area contributed by atoms with Gasteiger partial charge in [-0.05, 0) is 24.3 Å². The molecular weight excluding hydrogens is 320 g/mol. The maximum Gasteiger partial charge on any atom is 0.371 e. The number of carboxylic acids is 1. The number of carbonyl (C=O) groups excluding carboxylic acids is 1. The summed E-state index contributed by atoms with van der Waals surface area (Å²) < 4.78 is 22.5. The van der Waals surface area contributed by atoms with Crippen LogP contribution >= 0.6 is 0 Å². The van der Waals surface area contributed by atoms with Crippen molar-refractivity contribution in [2.75, 3.05) is 5.75 Å². The third-order valence-corrected chi connectivity index (χ3v) is 4.36. The molecule has 118 valence electrons. The standard InChI is InChI=1S/C16H12O6S/c17-12(15-7-10-3-1-2-4-13(10)22-15)9-23(20)8-11-5-6-14(21-11)16(18)19/h1-7H,8-9H2,(H,18,19). The van der Waals surface area contributed by atoms with E-state index in [1.165, 1.54) is 12.1 Å². The number of aromatic carboxylic acids is 1. The fourth-order valence-corrected chi connectivity index (χ4v) is 3.13. The van der Waals surface area contributed by atoms with E-state index in [0.29, 0.717) is 5.58 Å². The molecule has 1 N–H and O–H groups in total. The molecular formula is C16H12O6S. The van der Waals surface area contributed by atoms with Crippen molar-refractivity contribution in [3.63, 3.8) is 0 Å². The van der Waals surface area contributed by atoms with E-state index in [9.17, 15) is 13.8 Å². The van der Waals surface area contributed by atoms with Crippen LogP contribution < -0.4 is 0 Å². The summed E-state index contributed by atoms with van der Waals surface area (Å²) in [5.74, 6) is -1.61. The minimum absolute atomic E-state index is 0.0285. The molecule has 2 heterocycles. The monoisotopic (exact) mass is 332 g/mol. The number of para-hydroxylation sites is 1. The number of hydrogen-bond acceptors (Lipinski definition) is 5. The lowest BCUT2D eigenvalue weighted by atomic mass is 10.2. The van der Waals surface area contributed by atoms with E-state index in [1.807, 2.05) is 12.1 Å². The van der Waals surface area contributed by atoms with Gasteiger partial charge in [-0.2, -0.15) is 0 Å². The second kappa shape index (κ2) is 6.21. The molecule has 0 fully saturated rings. The fraction of sp³-hybridized carbons (Fsp3) is 0.125. The zero-order valence-electron chi connectivity index (χ0n) is 11.9. The Kier molecular flexibility index (Phi) is 4.12. The minimum atomic E-state index is -1.52. The van der Waals surface area contributed by atoms with Gasteiger partial charge < -0.3 is 13.9 Å². The molecule has 7 heteroatoms. The second-order valence-electron chi connectivity index (χ2n) is 4.87. The van der Waals surface area contributed by atoms with Crippen molar-refractivity contribution in [3.8, 4) is 0 Å². The lowest BCUT2D eigenvalue weighted by Gasteiger charge is -1.98. The molecule has 2 aromatic heterocycles. The average Bonchev–Trinajstić information content (AvgIpc) is 3.13. The first-order chi connectivity index (χ1) is 11.0. The summed E-state index contributed by atoms with van der Waals surface area (Å²) in [4.78, 5) is 22.8. The van der Waals surface area contributed by atoms with E-state index in [4.69, 9.17) is 13.9 Å². The van der Waals surface area contributed by atoms with E-state index in [1.54, 1.807) is 18.2 Å². The number of furan rings is 2. The summed E-state index contributed by atoms with van der Waals surface area (Å²) in [5.41, 5.74) is 0.596. The molecule has 3 rings (SSSR count). The SMILES string of the molecule is O=C(O)c1ccc(CS(=O)CC(=O)c2cc3ccccc3o2)o1. The maximum absolute atomic E-state index is 12.1. The van der Waals surface area contributed by atoms with Crippen LogP contribution in [0.15, 0.2) is 51.3 Å². The first kappa shape index (κ1) is 15.2. The Morgan fingerprint density at radius 3 is 2.52 bits per heavy atom. The van der Waals surface area contributed by atoms with Gasteiger partial charge in [-0.15, -0.1) is 0 Å². The predicted octanol–water partition coefficient (Wildman–Crippen LogP) is 2.86. The van der Waals surface area contributed by atoms with Gasteiger partial charge >= 0.3 is 5.97 Å². The van der Waals surface area contributed by atoms with Crippen LogP contribution in [0.1, 0.15) is 26.9 Å². The van der Waals surface area contributed by atoms with E-state index < -0.39 is 16.8 Å². The average molecular weight is 332 g/mol. The summed E-state index contributed by atoms with van der Waals surface area (Å²) >= 11 is 0. The first-order valence-electron chi connectivity index (χ1n) is 6.71. The summed E-state index contributed by atoms with van der Waals surface area (Å²) in [6.07, 6.45) is 0. The topological polar surface area (TPSA) is 97.7 Å². The van der Waals surface area contributed by atoms with Crippen molar-refractivity contribution in [1.29, 1.82) is 0 Å². The fourth-order valence-electron chi connectivity index (χ4n) is 2.12. The summed E-state index contributed by atoms with van der Waals surface area (Å²) in [5, 5.41) is 9.56. The molecule has 1 atom stereocenters.